The van der Waals surface area contributed by atoms with Gasteiger partial charge in [-0.15, -0.1) is 0 Å². The van der Waals surface area contributed by atoms with Crippen LogP contribution in [0.15, 0.2) is 29.2 Å². The van der Waals surface area contributed by atoms with Crippen molar-refractivity contribution in [3.05, 3.63) is 34.4 Å². The van der Waals surface area contributed by atoms with E-state index in [1.54, 1.807) is 0 Å². The van der Waals surface area contributed by atoms with Gasteiger partial charge < -0.3 is 10.8 Å². The number of rotatable bonds is 6. The van der Waals surface area contributed by atoms with Gasteiger partial charge in [-0.3, -0.25) is 14.9 Å². The molecule has 1 rings (SSSR count). The first-order chi connectivity index (χ1) is 8.82. The number of benzene rings is 1. The highest BCUT2D eigenvalue weighted by atomic mass is 32.2. The average molecular weight is 288 g/mol. The Morgan fingerprint density at radius 2 is 2.00 bits per heavy atom. The average Bonchev–Trinajstić information content (AvgIpc) is 2.35. The summed E-state index contributed by atoms with van der Waals surface area (Å²) in [4.78, 5) is 20.3. The van der Waals surface area contributed by atoms with E-state index in [1.165, 1.54) is 12.1 Å². The molecule has 8 nitrogen and oxygen atoms in total. The van der Waals surface area contributed by atoms with E-state index in [4.69, 9.17) is 10.8 Å². The van der Waals surface area contributed by atoms with Crippen LogP contribution in [0.5, 0.6) is 0 Å². The molecular weight excluding hydrogens is 276 g/mol. The van der Waals surface area contributed by atoms with Crippen LogP contribution >= 0.6 is 0 Å². The first kappa shape index (κ1) is 15.1. The van der Waals surface area contributed by atoms with Gasteiger partial charge in [0.2, 0.25) is 0 Å². The third kappa shape index (κ3) is 3.06. The zero-order chi connectivity index (χ0) is 14.6. The van der Waals surface area contributed by atoms with Gasteiger partial charge in [0.05, 0.1) is 4.92 Å². The summed E-state index contributed by atoms with van der Waals surface area (Å²) in [5, 5.41) is 17.9. The molecule has 0 amide bonds. The summed E-state index contributed by atoms with van der Waals surface area (Å²) in [5.74, 6) is -1.58. The molecule has 3 N–H and O–H groups in total. The predicted molar refractivity (Wildman–Crippen MR) is 65.4 cm³/mol. The summed E-state index contributed by atoms with van der Waals surface area (Å²) < 4.78 is 24.3. The Labute approximate surface area is 108 Å². The molecule has 0 aliphatic rings. The Bertz CT molecular complexity index is 598. The van der Waals surface area contributed by atoms with Gasteiger partial charge in [-0.05, 0) is 19.0 Å². The monoisotopic (exact) mass is 288 g/mol. The third-order valence-electron chi connectivity index (χ3n) is 2.45. The standard InChI is InChI=1S/C10H12N2O6S/c11-6-5-9(10(13)14)19(17,18)8-4-2-1-3-7(8)12(15)16/h1-4,9H,5-6,11H2,(H,13,14). The summed E-state index contributed by atoms with van der Waals surface area (Å²) >= 11 is 0. The molecule has 0 aliphatic heterocycles. The molecule has 9 heteroatoms. The van der Waals surface area contributed by atoms with Crippen molar-refractivity contribution in [3.63, 3.8) is 0 Å². The second kappa shape index (κ2) is 5.76. The topological polar surface area (TPSA) is 141 Å². The number of carboxylic acid groups (broad SMARTS) is 1. The van der Waals surface area contributed by atoms with Crippen LogP contribution < -0.4 is 5.73 Å². The molecule has 1 aromatic carbocycles. The van der Waals surface area contributed by atoms with E-state index in [9.17, 15) is 23.3 Å². The number of para-hydroxylation sites is 1. The Kier molecular flexibility index (Phi) is 4.57. The van der Waals surface area contributed by atoms with Crippen molar-refractivity contribution in [2.45, 2.75) is 16.6 Å². The van der Waals surface area contributed by atoms with Gasteiger partial charge in [0.1, 0.15) is 4.90 Å². The van der Waals surface area contributed by atoms with Gasteiger partial charge in [0.25, 0.3) is 5.69 Å². The quantitative estimate of drug-likeness (QED) is 0.561. The van der Waals surface area contributed by atoms with Crippen molar-refractivity contribution < 1.29 is 23.2 Å². The molecule has 104 valence electrons. The lowest BCUT2D eigenvalue weighted by molar-refractivity contribution is -0.387. The van der Waals surface area contributed by atoms with Gasteiger partial charge in [0.15, 0.2) is 15.1 Å². The van der Waals surface area contributed by atoms with E-state index in [2.05, 4.69) is 0 Å². The molecule has 0 aromatic heterocycles. The van der Waals surface area contributed by atoms with E-state index in [1.807, 2.05) is 0 Å². The van der Waals surface area contributed by atoms with Gasteiger partial charge in [-0.1, -0.05) is 12.1 Å². The molecule has 0 aliphatic carbocycles. The second-order valence-electron chi connectivity index (χ2n) is 3.67. The third-order valence-corrected chi connectivity index (χ3v) is 4.59. The molecule has 0 heterocycles. The number of carboxylic acids is 1. The molecule has 1 unspecified atom stereocenters. The molecule has 0 bridgehead atoms. The van der Waals surface area contributed by atoms with Crippen molar-refractivity contribution in [1.82, 2.24) is 0 Å². The van der Waals surface area contributed by atoms with Gasteiger partial charge >= 0.3 is 5.97 Å². The first-order valence-corrected chi connectivity index (χ1v) is 6.77. The number of aliphatic carboxylic acids is 1. The van der Waals surface area contributed by atoms with Crippen LogP contribution in [-0.4, -0.2) is 36.2 Å². The SMILES string of the molecule is NCCC(C(=O)O)S(=O)(=O)c1ccccc1[N+](=O)[O-]. The number of carbonyl (C=O) groups is 1. The fourth-order valence-electron chi connectivity index (χ4n) is 1.56. The molecule has 0 saturated carbocycles. The van der Waals surface area contributed by atoms with Crippen LogP contribution in [-0.2, 0) is 14.6 Å². The maximum atomic E-state index is 12.1. The number of nitro benzene ring substituents is 1. The summed E-state index contributed by atoms with van der Waals surface area (Å²) in [5.41, 5.74) is 4.53. The molecule has 1 atom stereocenters. The summed E-state index contributed by atoms with van der Waals surface area (Å²) in [6.45, 7) is -0.156. The Hall–Kier alpha value is -2.00. The normalized spacial score (nSPS) is 12.9. The molecule has 0 spiro atoms. The number of hydrogen-bond acceptors (Lipinski definition) is 6. The fraction of sp³-hybridized carbons (Fsp3) is 0.300. The Balaban J connectivity index is 3.42. The maximum Gasteiger partial charge on any atom is 0.322 e. The highest BCUT2D eigenvalue weighted by molar-refractivity contribution is 7.93. The minimum Gasteiger partial charge on any atom is -0.480 e. The Morgan fingerprint density at radius 3 is 2.47 bits per heavy atom. The number of sulfone groups is 1. The van der Waals surface area contributed by atoms with Gasteiger partial charge in [0, 0.05) is 6.07 Å². The van der Waals surface area contributed by atoms with E-state index in [0.29, 0.717) is 0 Å². The maximum absolute atomic E-state index is 12.1. The van der Waals surface area contributed by atoms with Gasteiger partial charge in [-0.2, -0.15) is 0 Å². The fourth-order valence-corrected chi connectivity index (χ4v) is 3.29. The second-order valence-corrected chi connectivity index (χ2v) is 5.77. The Morgan fingerprint density at radius 1 is 1.42 bits per heavy atom. The van der Waals surface area contributed by atoms with Crippen LogP contribution in [0.1, 0.15) is 6.42 Å². The van der Waals surface area contributed by atoms with E-state index >= 15 is 0 Å². The first-order valence-electron chi connectivity index (χ1n) is 5.22. The minimum atomic E-state index is -4.36. The van der Waals surface area contributed by atoms with Crippen molar-refractivity contribution in [2.24, 2.45) is 5.73 Å². The van der Waals surface area contributed by atoms with Crippen LogP contribution in [0, 0.1) is 10.1 Å². The molecular formula is C10H12N2O6S. The summed E-state index contributed by atoms with van der Waals surface area (Å²) in [6, 6.07) is 4.62. The minimum absolute atomic E-state index is 0.156. The van der Waals surface area contributed by atoms with Gasteiger partial charge in [-0.25, -0.2) is 8.42 Å². The van der Waals surface area contributed by atoms with E-state index in [-0.39, 0.29) is 13.0 Å². The number of nitrogens with two attached hydrogens (primary N) is 1. The lowest BCUT2D eigenvalue weighted by atomic mass is 10.3. The van der Waals surface area contributed by atoms with Crippen molar-refractivity contribution in [2.75, 3.05) is 6.54 Å². The summed E-state index contributed by atoms with van der Waals surface area (Å²) in [7, 11) is -4.36. The van der Waals surface area contributed by atoms with Crippen molar-refractivity contribution in [3.8, 4) is 0 Å². The number of nitro groups is 1. The lowest BCUT2D eigenvalue weighted by Crippen LogP contribution is -2.32. The molecule has 0 radical (unpaired) electrons. The van der Waals surface area contributed by atoms with Crippen LogP contribution in [0.25, 0.3) is 0 Å². The van der Waals surface area contributed by atoms with Crippen LogP contribution in [0.3, 0.4) is 0 Å². The van der Waals surface area contributed by atoms with E-state index in [0.717, 1.165) is 12.1 Å². The highest BCUT2D eigenvalue weighted by Crippen LogP contribution is 2.27. The van der Waals surface area contributed by atoms with E-state index < -0.39 is 36.6 Å². The zero-order valence-corrected chi connectivity index (χ0v) is 10.5. The molecule has 1 aromatic rings. The van der Waals surface area contributed by atoms with Crippen molar-refractivity contribution >= 4 is 21.5 Å². The van der Waals surface area contributed by atoms with Crippen LogP contribution in [0.2, 0.25) is 0 Å². The van der Waals surface area contributed by atoms with Crippen LogP contribution in [0.4, 0.5) is 5.69 Å². The smallest absolute Gasteiger partial charge is 0.322 e. The molecule has 0 saturated heterocycles. The number of nitrogens with zero attached hydrogens (tertiary/aromatic N) is 1. The largest absolute Gasteiger partial charge is 0.480 e. The lowest BCUT2D eigenvalue weighted by Gasteiger charge is -2.12. The predicted octanol–water partition coefficient (Wildman–Crippen LogP) is 0.171. The highest BCUT2D eigenvalue weighted by Gasteiger charge is 2.37. The van der Waals surface area contributed by atoms with Crippen molar-refractivity contribution in [1.29, 1.82) is 0 Å². The molecule has 0 fully saturated rings. The molecule has 19 heavy (non-hydrogen) atoms. The number of hydrogen-bond donors (Lipinski definition) is 2. The summed E-state index contributed by atoms with van der Waals surface area (Å²) in [6.07, 6.45) is -0.316. The zero-order valence-electron chi connectivity index (χ0n) is 9.72.